The molecule has 0 aromatic heterocycles. The normalized spacial score (nSPS) is 13.8. The van der Waals surface area contributed by atoms with Gasteiger partial charge in [-0.25, -0.2) is 4.57 Å². The molecular weight excluding hydrogens is 1060 g/mol. The quantitative estimate of drug-likeness (QED) is 0.0243. The van der Waals surface area contributed by atoms with Gasteiger partial charge in [0.2, 0.25) is 5.91 Å². The lowest BCUT2D eigenvalue weighted by Gasteiger charge is -2.25. The molecule has 0 radical (unpaired) electrons. The molecule has 0 saturated heterocycles. The van der Waals surface area contributed by atoms with Gasteiger partial charge >= 0.3 is 7.82 Å². The van der Waals surface area contributed by atoms with Crippen LogP contribution in [-0.2, 0) is 18.4 Å². The summed E-state index contributed by atoms with van der Waals surface area (Å²) < 4.78 is 23.8. The van der Waals surface area contributed by atoms with E-state index in [1.807, 2.05) is 27.2 Å². The van der Waals surface area contributed by atoms with E-state index in [4.69, 9.17) is 9.05 Å². The van der Waals surface area contributed by atoms with Crippen molar-refractivity contribution in [3.05, 3.63) is 36.5 Å². The number of carbonyl (C=O) groups is 1. The minimum atomic E-state index is -4.36. The number of amides is 1. The van der Waals surface area contributed by atoms with Crippen molar-refractivity contribution in [2.75, 3.05) is 40.9 Å². The Bertz CT molecular complexity index is 1460. The van der Waals surface area contributed by atoms with E-state index < -0.39 is 20.0 Å². The SMILES string of the molecule is CCCCCCCCCCCCC/C=C/CC/C=C/CC/C=C/C(O)C(COP(=O)(O)OCC[N+](C)(C)C)NC(=O)CCCCCCCCCCCCCCCCCCCCCCCCCCCCCCCCCCCCCCCCCCC. The summed E-state index contributed by atoms with van der Waals surface area (Å²) in [6, 6.07) is -0.869. The molecule has 0 aliphatic heterocycles. The van der Waals surface area contributed by atoms with E-state index in [0.29, 0.717) is 17.4 Å². The van der Waals surface area contributed by atoms with Crippen LogP contribution in [0.5, 0.6) is 0 Å². The first-order valence-electron chi connectivity index (χ1n) is 37.4. The molecule has 84 heavy (non-hydrogen) atoms. The number of nitrogens with zero attached hydrogens (tertiary/aromatic N) is 1. The van der Waals surface area contributed by atoms with E-state index in [-0.39, 0.29) is 19.1 Å². The van der Waals surface area contributed by atoms with Gasteiger partial charge < -0.3 is 19.8 Å². The summed E-state index contributed by atoms with van der Waals surface area (Å²) in [7, 11) is 1.56. The molecule has 0 spiro atoms. The molecule has 9 heteroatoms. The molecular formula is C75H148N2O6P+. The first kappa shape index (κ1) is 82.7. The molecule has 0 aromatic rings. The van der Waals surface area contributed by atoms with E-state index in [0.717, 1.165) is 44.9 Å². The molecule has 1 amide bonds. The third-order valence-corrected chi connectivity index (χ3v) is 18.3. The molecule has 3 N–H and O–H groups in total. The van der Waals surface area contributed by atoms with Gasteiger partial charge in [-0.2, -0.15) is 0 Å². The number of phosphoric acid groups is 1. The monoisotopic (exact) mass is 1200 g/mol. The van der Waals surface area contributed by atoms with Gasteiger partial charge in [0, 0.05) is 6.42 Å². The maximum Gasteiger partial charge on any atom is 0.472 e. The summed E-state index contributed by atoms with van der Waals surface area (Å²) in [6.45, 7) is 4.84. The van der Waals surface area contributed by atoms with Gasteiger partial charge in [-0.1, -0.05) is 371 Å². The largest absolute Gasteiger partial charge is 0.472 e. The molecule has 0 aliphatic carbocycles. The maximum absolute atomic E-state index is 13.0. The van der Waals surface area contributed by atoms with Gasteiger partial charge in [-0.05, 0) is 44.9 Å². The van der Waals surface area contributed by atoms with E-state index in [9.17, 15) is 19.4 Å². The average molecular weight is 1200 g/mol. The maximum atomic E-state index is 13.0. The lowest BCUT2D eigenvalue weighted by atomic mass is 10.0. The number of hydrogen-bond acceptors (Lipinski definition) is 5. The van der Waals surface area contributed by atoms with Crippen LogP contribution in [0, 0.1) is 0 Å². The molecule has 0 saturated carbocycles. The summed E-state index contributed by atoms with van der Waals surface area (Å²) in [4.78, 5) is 23.4. The topological polar surface area (TPSA) is 105 Å². The van der Waals surface area contributed by atoms with Crippen molar-refractivity contribution < 1.29 is 32.9 Å². The molecule has 0 heterocycles. The number of aliphatic hydroxyl groups is 1. The molecule has 8 nitrogen and oxygen atoms in total. The summed E-state index contributed by atoms with van der Waals surface area (Å²) in [5, 5.41) is 14.0. The molecule has 0 rings (SSSR count). The molecule has 0 fully saturated rings. The van der Waals surface area contributed by atoms with Gasteiger partial charge in [-0.15, -0.1) is 0 Å². The van der Waals surface area contributed by atoms with Crippen LogP contribution in [-0.4, -0.2) is 73.4 Å². The van der Waals surface area contributed by atoms with Crippen LogP contribution in [0.4, 0.5) is 0 Å². The first-order chi connectivity index (χ1) is 41.0. The number of likely N-dealkylation sites (N-methyl/N-ethyl adjacent to an activating group) is 1. The van der Waals surface area contributed by atoms with Crippen molar-refractivity contribution in [2.45, 2.75) is 398 Å². The Hall–Kier alpha value is -1.28. The number of quaternary nitrogens is 1. The van der Waals surface area contributed by atoms with Gasteiger partial charge in [0.05, 0.1) is 39.9 Å². The van der Waals surface area contributed by atoms with E-state index in [2.05, 4.69) is 43.5 Å². The predicted octanol–water partition coefficient (Wildman–Crippen LogP) is 24.0. The highest BCUT2D eigenvalue weighted by molar-refractivity contribution is 7.47. The highest BCUT2D eigenvalue weighted by Gasteiger charge is 2.28. The van der Waals surface area contributed by atoms with Crippen LogP contribution >= 0.6 is 7.82 Å². The van der Waals surface area contributed by atoms with Crippen molar-refractivity contribution in [1.29, 1.82) is 0 Å². The fourth-order valence-electron chi connectivity index (χ4n) is 11.6. The zero-order chi connectivity index (χ0) is 61.2. The standard InChI is InChI=1S/C75H147N2O6P/c1-6-8-10-12-14-16-18-20-22-24-26-28-29-30-31-32-33-34-35-36-37-38-39-40-41-42-43-44-45-46-47-49-51-53-55-57-59-61-63-65-67-69-75(79)76-73(72-83-84(80,81)82-71-70-77(3,4)5)74(78)68-66-64-62-60-58-56-54-52-50-48-27-25-23-21-19-17-15-13-11-9-7-2/h50,52,58,60,66,68,73-74,78H,6-49,51,53-57,59,61-65,67,69-72H2,1-5H3,(H-,76,79,80,81)/p+1/b52-50+,60-58+,68-66+. The number of phosphoric ester groups is 1. The number of nitrogens with one attached hydrogen (secondary N) is 1. The molecule has 0 bridgehead atoms. The highest BCUT2D eigenvalue weighted by atomic mass is 31.2. The van der Waals surface area contributed by atoms with Crippen LogP contribution in [0.2, 0.25) is 0 Å². The van der Waals surface area contributed by atoms with Crippen LogP contribution in [0.15, 0.2) is 36.5 Å². The third-order valence-electron chi connectivity index (χ3n) is 17.3. The van der Waals surface area contributed by atoms with Crippen molar-refractivity contribution in [3.63, 3.8) is 0 Å². The van der Waals surface area contributed by atoms with Crippen molar-refractivity contribution in [1.82, 2.24) is 5.32 Å². The Kier molecular flexibility index (Phi) is 65.1. The fourth-order valence-corrected chi connectivity index (χ4v) is 12.3. The lowest BCUT2D eigenvalue weighted by Crippen LogP contribution is -2.45. The second-order valence-electron chi connectivity index (χ2n) is 27.0. The van der Waals surface area contributed by atoms with Crippen molar-refractivity contribution >= 4 is 13.7 Å². The number of allylic oxidation sites excluding steroid dienone is 5. The predicted molar refractivity (Wildman–Crippen MR) is 369 cm³/mol. The Morgan fingerprint density at radius 3 is 0.952 bits per heavy atom. The van der Waals surface area contributed by atoms with Crippen molar-refractivity contribution in [3.8, 4) is 0 Å². The lowest BCUT2D eigenvalue weighted by molar-refractivity contribution is -0.870. The van der Waals surface area contributed by atoms with Gasteiger partial charge in [-0.3, -0.25) is 13.8 Å². The van der Waals surface area contributed by atoms with E-state index in [1.54, 1.807) is 6.08 Å². The van der Waals surface area contributed by atoms with Crippen LogP contribution < -0.4 is 5.32 Å². The van der Waals surface area contributed by atoms with Crippen molar-refractivity contribution in [2.24, 2.45) is 0 Å². The Morgan fingerprint density at radius 1 is 0.393 bits per heavy atom. The Balaban J connectivity index is 3.91. The molecule has 0 aromatic carbocycles. The minimum absolute atomic E-state index is 0.0554. The number of aliphatic hydroxyl groups excluding tert-OH is 1. The van der Waals surface area contributed by atoms with Crippen LogP contribution in [0.25, 0.3) is 0 Å². The van der Waals surface area contributed by atoms with Gasteiger partial charge in [0.25, 0.3) is 0 Å². The summed E-state index contributed by atoms with van der Waals surface area (Å²) in [6.07, 6.45) is 89.1. The zero-order valence-corrected chi connectivity index (χ0v) is 58.1. The first-order valence-corrected chi connectivity index (χ1v) is 38.9. The third kappa shape index (κ3) is 68.2. The summed E-state index contributed by atoms with van der Waals surface area (Å²) in [5.74, 6) is -0.183. The Labute approximate surface area is 525 Å². The van der Waals surface area contributed by atoms with Gasteiger partial charge in [0.15, 0.2) is 0 Å². The second-order valence-corrected chi connectivity index (χ2v) is 28.5. The average Bonchev–Trinajstić information content (AvgIpc) is 3.56. The van der Waals surface area contributed by atoms with E-state index >= 15 is 0 Å². The molecule has 498 valence electrons. The summed E-state index contributed by atoms with van der Waals surface area (Å²) >= 11 is 0. The Morgan fingerprint density at radius 2 is 0.655 bits per heavy atom. The van der Waals surface area contributed by atoms with E-state index in [1.165, 1.54) is 321 Å². The molecule has 0 aliphatic rings. The fraction of sp³-hybridized carbons (Fsp3) is 0.907. The number of hydrogen-bond donors (Lipinski definition) is 3. The highest BCUT2D eigenvalue weighted by Crippen LogP contribution is 2.43. The second kappa shape index (κ2) is 66.1. The van der Waals surface area contributed by atoms with Crippen LogP contribution in [0.1, 0.15) is 386 Å². The molecule has 3 unspecified atom stereocenters. The van der Waals surface area contributed by atoms with Crippen LogP contribution in [0.3, 0.4) is 0 Å². The number of unbranched alkanes of at least 4 members (excludes halogenated alkanes) is 53. The molecule has 3 atom stereocenters. The zero-order valence-electron chi connectivity index (χ0n) is 57.2. The minimum Gasteiger partial charge on any atom is -0.387 e. The van der Waals surface area contributed by atoms with Gasteiger partial charge in [0.1, 0.15) is 13.2 Å². The number of carbonyl (C=O) groups excluding carboxylic acids is 1. The summed E-state index contributed by atoms with van der Waals surface area (Å²) in [5.41, 5.74) is 0. The smallest absolute Gasteiger partial charge is 0.387 e. The number of rotatable bonds is 70.